The molecule has 0 spiro atoms. The molecule has 0 heterocycles. The third kappa shape index (κ3) is 21.1. The van der Waals surface area contributed by atoms with Crippen LogP contribution in [0.4, 0.5) is 0 Å². The molecular formula is C24H44O4. The van der Waals surface area contributed by atoms with Crippen molar-refractivity contribution in [3.8, 4) is 0 Å². The van der Waals surface area contributed by atoms with Gasteiger partial charge < -0.3 is 14.6 Å². The van der Waals surface area contributed by atoms with E-state index in [1.54, 1.807) is 6.92 Å². The van der Waals surface area contributed by atoms with Gasteiger partial charge in [0.05, 0.1) is 12.7 Å². The number of rotatable bonds is 20. The lowest BCUT2D eigenvalue weighted by atomic mass is 10.0. The van der Waals surface area contributed by atoms with Crippen molar-refractivity contribution in [2.75, 3.05) is 6.61 Å². The molecule has 0 saturated carbocycles. The maximum Gasteiger partial charge on any atom is 0.305 e. The first kappa shape index (κ1) is 26.8. The zero-order chi connectivity index (χ0) is 20.9. The molecule has 4 heteroatoms. The molecule has 0 amide bonds. The first-order valence-corrected chi connectivity index (χ1v) is 11.5. The number of unbranched alkanes of at least 4 members (excludes halogenated alkanes) is 9. The summed E-state index contributed by atoms with van der Waals surface area (Å²) in [6, 6.07) is 0. The number of carbonyl (C=O) groups excluding carboxylic acids is 2. The average Bonchev–Trinajstić information content (AvgIpc) is 2.66. The predicted octanol–water partition coefficient (Wildman–Crippen LogP) is 6.30. The summed E-state index contributed by atoms with van der Waals surface area (Å²) in [6.07, 6.45) is 19.7. The fourth-order valence-electron chi connectivity index (χ4n) is 3.06. The van der Waals surface area contributed by atoms with Crippen LogP contribution >= 0.6 is 0 Å². The number of hydrogen-bond donors (Lipinski definition) is 1. The van der Waals surface area contributed by atoms with Gasteiger partial charge in [-0.1, -0.05) is 64.0 Å². The molecule has 0 rings (SSSR count). The number of ketones is 1. The molecule has 0 aliphatic carbocycles. The lowest BCUT2D eigenvalue weighted by Crippen LogP contribution is -2.05. The van der Waals surface area contributed by atoms with Gasteiger partial charge in [-0.2, -0.15) is 0 Å². The van der Waals surface area contributed by atoms with Gasteiger partial charge in [0.25, 0.3) is 0 Å². The SMILES string of the molecule is CCCCOC(=O)CCCCCCCC=CC[C@H](O)CCCCCCC(C)=O. The summed E-state index contributed by atoms with van der Waals surface area (Å²) in [5, 5.41) is 9.96. The molecule has 0 bridgehead atoms. The lowest BCUT2D eigenvalue weighted by Gasteiger charge is -2.07. The highest BCUT2D eigenvalue weighted by Crippen LogP contribution is 2.11. The van der Waals surface area contributed by atoms with Crippen LogP contribution in [0.1, 0.15) is 117 Å². The highest BCUT2D eigenvalue weighted by molar-refractivity contribution is 5.75. The number of aliphatic hydroxyl groups is 1. The third-order valence-electron chi connectivity index (χ3n) is 4.90. The van der Waals surface area contributed by atoms with Crippen LogP contribution in [-0.4, -0.2) is 29.6 Å². The number of ether oxygens (including phenoxy) is 1. The molecule has 0 aliphatic rings. The zero-order valence-corrected chi connectivity index (χ0v) is 18.4. The van der Waals surface area contributed by atoms with E-state index in [-0.39, 0.29) is 17.9 Å². The minimum absolute atomic E-state index is 0.0500. The van der Waals surface area contributed by atoms with Crippen molar-refractivity contribution in [1.82, 2.24) is 0 Å². The van der Waals surface area contributed by atoms with Gasteiger partial charge in [0.15, 0.2) is 0 Å². The van der Waals surface area contributed by atoms with E-state index in [9.17, 15) is 14.7 Å². The van der Waals surface area contributed by atoms with Crippen LogP contribution in [0.2, 0.25) is 0 Å². The van der Waals surface area contributed by atoms with Gasteiger partial charge in [0, 0.05) is 12.8 Å². The molecule has 164 valence electrons. The minimum atomic E-state index is -0.235. The van der Waals surface area contributed by atoms with Gasteiger partial charge in [0.1, 0.15) is 5.78 Å². The summed E-state index contributed by atoms with van der Waals surface area (Å²) in [6.45, 7) is 4.30. The molecule has 0 aromatic carbocycles. The van der Waals surface area contributed by atoms with Crippen LogP contribution in [0.5, 0.6) is 0 Å². The number of aliphatic hydroxyl groups excluding tert-OH is 1. The third-order valence-corrected chi connectivity index (χ3v) is 4.90. The van der Waals surface area contributed by atoms with Gasteiger partial charge in [-0.3, -0.25) is 4.79 Å². The summed E-state index contributed by atoms with van der Waals surface area (Å²) in [7, 11) is 0. The summed E-state index contributed by atoms with van der Waals surface area (Å²) in [5.74, 6) is 0.221. The van der Waals surface area contributed by atoms with Crippen molar-refractivity contribution >= 4 is 11.8 Å². The average molecular weight is 397 g/mol. The molecule has 1 N–H and O–H groups in total. The molecule has 0 saturated heterocycles. The fourth-order valence-corrected chi connectivity index (χ4v) is 3.06. The summed E-state index contributed by atoms with van der Waals surface area (Å²) < 4.78 is 5.14. The zero-order valence-electron chi connectivity index (χ0n) is 18.4. The number of hydrogen-bond acceptors (Lipinski definition) is 4. The molecule has 28 heavy (non-hydrogen) atoms. The monoisotopic (exact) mass is 396 g/mol. The normalized spacial score (nSPS) is 12.4. The Morgan fingerprint density at radius 2 is 1.50 bits per heavy atom. The molecule has 0 aromatic rings. The van der Waals surface area contributed by atoms with E-state index in [0.29, 0.717) is 19.4 Å². The Bertz CT molecular complexity index is 403. The van der Waals surface area contributed by atoms with E-state index in [4.69, 9.17) is 4.74 Å². The van der Waals surface area contributed by atoms with Crippen molar-refractivity contribution in [2.45, 2.75) is 123 Å². The van der Waals surface area contributed by atoms with Gasteiger partial charge in [-0.25, -0.2) is 0 Å². The molecule has 0 radical (unpaired) electrons. The lowest BCUT2D eigenvalue weighted by molar-refractivity contribution is -0.143. The Labute approximate surface area is 173 Å². The molecule has 0 aromatic heterocycles. The van der Waals surface area contributed by atoms with Crippen molar-refractivity contribution in [1.29, 1.82) is 0 Å². The van der Waals surface area contributed by atoms with E-state index in [1.807, 2.05) is 0 Å². The van der Waals surface area contributed by atoms with E-state index < -0.39 is 0 Å². The summed E-state index contributed by atoms with van der Waals surface area (Å²) in [5.41, 5.74) is 0. The van der Waals surface area contributed by atoms with Gasteiger partial charge in [-0.05, 0) is 51.9 Å². The minimum Gasteiger partial charge on any atom is -0.466 e. The van der Waals surface area contributed by atoms with Crippen LogP contribution in [0.25, 0.3) is 0 Å². The number of allylic oxidation sites excluding steroid dienone is 1. The van der Waals surface area contributed by atoms with Crippen molar-refractivity contribution in [2.24, 2.45) is 0 Å². The topological polar surface area (TPSA) is 63.6 Å². The summed E-state index contributed by atoms with van der Waals surface area (Å²) in [4.78, 5) is 22.3. The van der Waals surface area contributed by atoms with Crippen LogP contribution < -0.4 is 0 Å². The molecule has 4 nitrogen and oxygen atoms in total. The number of Topliss-reactive ketones (excluding diaryl/α,β-unsaturated/α-hetero) is 1. The largest absolute Gasteiger partial charge is 0.466 e. The fraction of sp³-hybridized carbons (Fsp3) is 0.833. The second-order valence-corrected chi connectivity index (χ2v) is 7.90. The predicted molar refractivity (Wildman–Crippen MR) is 116 cm³/mol. The first-order valence-electron chi connectivity index (χ1n) is 11.5. The number of esters is 1. The highest BCUT2D eigenvalue weighted by atomic mass is 16.5. The quantitative estimate of drug-likeness (QED) is 0.149. The Kier molecular flexibility index (Phi) is 19.7. The van der Waals surface area contributed by atoms with Gasteiger partial charge >= 0.3 is 5.97 Å². The Balaban J connectivity index is 3.34. The van der Waals surface area contributed by atoms with Crippen LogP contribution in [0.3, 0.4) is 0 Å². The second kappa shape index (κ2) is 20.6. The van der Waals surface area contributed by atoms with Crippen LogP contribution in [0, 0.1) is 0 Å². The van der Waals surface area contributed by atoms with Gasteiger partial charge in [-0.15, -0.1) is 0 Å². The molecule has 0 unspecified atom stereocenters. The Hall–Kier alpha value is -1.16. The van der Waals surface area contributed by atoms with E-state index in [0.717, 1.165) is 70.6 Å². The number of carbonyl (C=O) groups is 2. The first-order chi connectivity index (χ1) is 13.6. The standard InChI is InChI=1S/C24H44O4/c1-3-4-21-28-24(27)20-16-10-8-6-5-7-9-14-18-23(26)19-15-12-11-13-17-22(2)25/h9,14,23,26H,3-8,10-13,15-21H2,1-2H3/t23-/m0/s1. The molecule has 1 atom stereocenters. The second-order valence-electron chi connectivity index (χ2n) is 7.90. The van der Waals surface area contributed by atoms with Crippen LogP contribution in [0.15, 0.2) is 12.2 Å². The maximum atomic E-state index is 11.5. The smallest absolute Gasteiger partial charge is 0.305 e. The highest BCUT2D eigenvalue weighted by Gasteiger charge is 2.03. The Morgan fingerprint density at radius 3 is 2.21 bits per heavy atom. The van der Waals surface area contributed by atoms with Crippen LogP contribution in [-0.2, 0) is 14.3 Å². The van der Waals surface area contributed by atoms with Crippen molar-refractivity contribution < 1.29 is 19.4 Å². The van der Waals surface area contributed by atoms with Crippen molar-refractivity contribution in [3.63, 3.8) is 0 Å². The molecule has 0 aliphatic heterocycles. The van der Waals surface area contributed by atoms with Crippen molar-refractivity contribution in [3.05, 3.63) is 12.2 Å². The molecule has 0 fully saturated rings. The maximum absolute atomic E-state index is 11.5. The summed E-state index contributed by atoms with van der Waals surface area (Å²) >= 11 is 0. The molecular weight excluding hydrogens is 352 g/mol. The van der Waals surface area contributed by atoms with Gasteiger partial charge in [0.2, 0.25) is 0 Å². The van der Waals surface area contributed by atoms with E-state index in [2.05, 4.69) is 19.1 Å². The Morgan fingerprint density at radius 1 is 0.857 bits per heavy atom. The van der Waals surface area contributed by atoms with E-state index in [1.165, 1.54) is 19.3 Å². The van der Waals surface area contributed by atoms with E-state index >= 15 is 0 Å².